The lowest BCUT2D eigenvalue weighted by Gasteiger charge is -2.30. The number of urea groups is 1. The second-order valence-electron chi connectivity index (χ2n) is 5.23. The summed E-state index contributed by atoms with van der Waals surface area (Å²) in [5.74, 6) is -0.570. The van der Waals surface area contributed by atoms with Crippen LogP contribution in [0.15, 0.2) is 0 Å². The molecule has 1 saturated heterocycles. The van der Waals surface area contributed by atoms with Crippen LogP contribution < -0.4 is 10.6 Å². The van der Waals surface area contributed by atoms with Crippen molar-refractivity contribution in [1.82, 2.24) is 15.5 Å². The van der Waals surface area contributed by atoms with E-state index in [4.69, 9.17) is 0 Å². The predicted octanol–water partition coefficient (Wildman–Crippen LogP) is 1.01. The monoisotopic (exact) mass is 269 g/mol. The Hall–Kier alpha value is -1.59. The first-order valence-electron chi connectivity index (χ1n) is 6.77. The molecule has 4 amide bonds. The van der Waals surface area contributed by atoms with Gasteiger partial charge in [0.2, 0.25) is 5.91 Å². The van der Waals surface area contributed by atoms with E-state index in [1.54, 1.807) is 6.92 Å². The Morgan fingerprint density at radius 1 is 1.42 bits per heavy atom. The number of rotatable bonds is 6. The molecule has 108 valence electrons. The number of hydrogen-bond donors (Lipinski definition) is 2. The second kappa shape index (κ2) is 6.04. The molecule has 1 aliphatic rings. The number of carbonyl (C=O) groups excluding carboxylic acids is 3. The highest BCUT2D eigenvalue weighted by atomic mass is 16.2. The topological polar surface area (TPSA) is 78.5 Å². The highest BCUT2D eigenvalue weighted by molar-refractivity contribution is 6.07. The van der Waals surface area contributed by atoms with Gasteiger partial charge in [-0.25, -0.2) is 4.79 Å². The fourth-order valence-corrected chi connectivity index (χ4v) is 2.21. The third-order valence-electron chi connectivity index (χ3n) is 3.67. The molecule has 6 heteroatoms. The number of nitrogens with one attached hydrogen (secondary N) is 2. The van der Waals surface area contributed by atoms with Crippen molar-refractivity contribution in [3.8, 4) is 0 Å². The van der Waals surface area contributed by atoms with Gasteiger partial charge in [0.15, 0.2) is 0 Å². The van der Waals surface area contributed by atoms with Crippen molar-refractivity contribution in [2.75, 3.05) is 6.54 Å². The molecule has 0 radical (unpaired) electrons. The molecule has 1 aliphatic heterocycles. The Balaban J connectivity index is 2.67. The zero-order valence-corrected chi connectivity index (χ0v) is 12.1. The van der Waals surface area contributed by atoms with Crippen LogP contribution in [0, 0.1) is 0 Å². The third-order valence-corrected chi connectivity index (χ3v) is 3.67. The lowest BCUT2D eigenvalue weighted by molar-refractivity contribution is -0.128. The molecule has 0 aromatic rings. The lowest BCUT2D eigenvalue weighted by atomic mass is 9.97. The number of hydrogen-bond acceptors (Lipinski definition) is 3. The van der Waals surface area contributed by atoms with Crippen LogP contribution in [0.25, 0.3) is 0 Å². The highest BCUT2D eigenvalue weighted by Gasteiger charge is 2.48. The van der Waals surface area contributed by atoms with Crippen molar-refractivity contribution in [1.29, 1.82) is 0 Å². The van der Waals surface area contributed by atoms with Gasteiger partial charge in [0, 0.05) is 6.04 Å². The molecule has 1 rings (SSSR count). The van der Waals surface area contributed by atoms with Crippen molar-refractivity contribution in [3.05, 3.63) is 0 Å². The van der Waals surface area contributed by atoms with E-state index < -0.39 is 11.6 Å². The van der Waals surface area contributed by atoms with Gasteiger partial charge in [0.05, 0.1) is 0 Å². The molecule has 0 saturated carbocycles. The molecule has 0 aromatic heterocycles. The summed E-state index contributed by atoms with van der Waals surface area (Å²) in [6.45, 7) is 7.38. The van der Waals surface area contributed by atoms with Gasteiger partial charge in [0.25, 0.3) is 5.91 Å². The van der Waals surface area contributed by atoms with Gasteiger partial charge in [-0.1, -0.05) is 20.3 Å². The van der Waals surface area contributed by atoms with Gasteiger partial charge < -0.3 is 10.2 Å². The third kappa shape index (κ3) is 3.24. The minimum absolute atomic E-state index is 0.0757. The summed E-state index contributed by atoms with van der Waals surface area (Å²) in [6.07, 6.45) is 2.35. The standard InChI is InChI=1S/C13H23N3O3/c1-5-7-9(3)14-10(17)8-16-12(19)15-11(18)13(16,4)6-2/h9H,5-8H2,1-4H3,(H,14,17)(H,15,18,19). The van der Waals surface area contributed by atoms with Crippen molar-refractivity contribution in [2.24, 2.45) is 0 Å². The smallest absolute Gasteiger partial charge is 0.325 e. The van der Waals surface area contributed by atoms with E-state index in [2.05, 4.69) is 10.6 Å². The molecule has 1 heterocycles. The molecule has 19 heavy (non-hydrogen) atoms. The Morgan fingerprint density at radius 3 is 2.58 bits per heavy atom. The summed E-state index contributed by atoms with van der Waals surface area (Å²) >= 11 is 0. The minimum atomic E-state index is -0.928. The molecule has 0 bridgehead atoms. The normalized spacial score (nSPS) is 24.3. The van der Waals surface area contributed by atoms with E-state index in [0.717, 1.165) is 12.8 Å². The Morgan fingerprint density at radius 2 is 2.05 bits per heavy atom. The van der Waals surface area contributed by atoms with E-state index in [1.807, 2.05) is 20.8 Å². The Kier molecular flexibility index (Phi) is 4.91. The summed E-state index contributed by atoms with van der Waals surface area (Å²) < 4.78 is 0. The number of carbonyl (C=O) groups is 3. The minimum Gasteiger partial charge on any atom is -0.352 e. The summed E-state index contributed by atoms with van der Waals surface area (Å²) in [4.78, 5) is 36.7. The maximum atomic E-state index is 11.9. The Bertz CT molecular complexity index is 383. The zero-order valence-electron chi connectivity index (χ0n) is 12.1. The highest BCUT2D eigenvalue weighted by Crippen LogP contribution is 2.24. The van der Waals surface area contributed by atoms with Crippen LogP contribution in [0.1, 0.15) is 47.0 Å². The molecule has 6 nitrogen and oxygen atoms in total. The molecule has 0 aromatic carbocycles. The first kappa shape index (κ1) is 15.5. The molecule has 2 atom stereocenters. The van der Waals surface area contributed by atoms with E-state index in [1.165, 1.54) is 4.90 Å². The molecular formula is C13H23N3O3. The van der Waals surface area contributed by atoms with E-state index >= 15 is 0 Å². The largest absolute Gasteiger partial charge is 0.352 e. The lowest BCUT2D eigenvalue weighted by Crippen LogP contribution is -2.51. The molecule has 2 unspecified atom stereocenters. The summed E-state index contributed by atoms with van der Waals surface area (Å²) in [6, 6.07) is -0.417. The molecule has 1 fully saturated rings. The number of nitrogens with zero attached hydrogens (tertiary/aromatic N) is 1. The first-order chi connectivity index (χ1) is 8.85. The van der Waals surface area contributed by atoms with Crippen LogP contribution in [-0.2, 0) is 9.59 Å². The average Bonchev–Trinajstić information content (AvgIpc) is 2.54. The average molecular weight is 269 g/mol. The van der Waals surface area contributed by atoms with Gasteiger partial charge in [-0.05, 0) is 26.7 Å². The second-order valence-corrected chi connectivity index (χ2v) is 5.23. The van der Waals surface area contributed by atoms with Gasteiger partial charge >= 0.3 is 6.03 Å². The first-order valence-corrected chi connectivity index (χ1v) is 6.77. The van der Waals surface area contributed by atoms with Crippen LogP contribution in [0.3, 0.4) is 0 Å². The molecule has 0 aliphatic carbocycles. The SMILES string of the molecule is CCCC(C)NC(=O)CN1C(=O)NC(=O)C1(C)CC. The number of amides is 4. The quantitative estimate of drug-likeness (QED) is 0.706. The Labute approximate surface area is 113 Å². The van der Waals surface area contributed by atoms with Crippen LogP contribution in [0.2, 0.25) is 0 Å². The molecule has 2 N–H and O–H groups in total. The van der Waals surface area contributed by atoms with Crippen molar-refractivity contribution < 1.29 is 14.4 Å². The summed E-state index contributed by atoms with van der Waals surface area (Å²) in [5, 5.41) is 5.09. The van der Waals surface area contributed by atoms with Crippen LogP contribution >= 0.6 is 0 Å². The summed E-state index contributed by atoms with van der Waals surface area (Å²) in [5.41, 5.74) is -0.928. The number of imide groups is 1. The molecule has 0 spiro atoms. The van der Waals surface area contributed by atoms with Crippen molar-refractivity contribution in [3.63, 3.8) is 0 Å². The predicted molar refractivity (Wildman–Crippen MR) is 71.5 cm³/mol. The van der Waals surface area contributed by atoms with Crippen LogP contribution in [0.5, 0.6) is 0 Å². The summed E-state index contributed by atoms with van der Waals surface area (Å²) in [7, 11) is 0. The van der Waals surface area contributed by atoms with Crippen LogP contribution in [0.4, 0.5) is 4.79 Å². The van der Waals surface area contributed by atoms with Gasteiger partial charge in [-0.2, -0.15) is 0 Å². The maximum Gasteiger partial charge on any atom is 0.325 e. The fourth-order valence-electron chi connectivity index (χ4n) is 2.21. The van der Waals surface area contributed by atoms with Gasteiger partial charge in [-0.15, -0.1) is 0 Å². The van der Waals surface area contributed by atoms with Gasteiger partial charge in [0.1, 0.15) is 12.1 Å². The van der Waals surface area contributed by atoms with E-state index in [9.17, 15) is 14.4 Å². The van der Waals surface area contributed by atoms with Crippen molar-refractivity contribution in [2.45, 2.75) is 58.5 Å². The maximum absolute atomic E-state index is 11.9. The zero-order chi connectivity index (χ0) is 14.6. The van der Waals surface area contributed by atoms with Crippen LogP contribution in [-0.4, -0.2) is 40.9 Å². The van der Waals surface area contributed by atoms with Crippen molar-refractivity contribution >= 4 is 17.8 Å². The molecular weight excluding hydrogens is 246 g/mol. The van der Waals surface area contributed by atoms with E-state index in [-0.39, 0.29) is 24.4 Å². The van der Waals surface area contributed by atoms with E-state index in [0.29, 0.717) is 6.42 Å². The van der Waals surface area contributed by atoms with Gasteiger partial charge in [-0.3, -0.25) is 14.9 Å². The fraction of sp³-hybridized carbons (Fsp3) is 0.769.